The van der Waals surface area contributed by atoms with Crippen molar-refractivity contribution in [1.29, 1.82) is 0 Å². The topological polar surface area (TPSA) is 76.1 Å². The van der Waals surface area contributed by atoms with Gasteiger partial charge < -0.3 is 14.6 Å². The fraction of sp³-hybridized carbons (Fsp3) is 0.0800. The van der Waals surface area contributed by atoms with E-state index < -0.39 is 5.97 Å². The molecule has 4 rings (SSSR count). The number of anilines is 1. The number of amides is 1. The zero-order valence-corrected chi connectivity index (χ0v) is 19.2. The van der Waals surface area contributed by atoms with E-state index in [1.54, 1.807) is 37.5 Å². The van der Waals surface area contributed by atoms with Gasteiger partial charge in [-0.3, -0.25) is 9.69 Å². The van der Waals surface area contributed by atoms with Crippen LogP contribution in [0, 0.1) is 0 Å². The molecular formula is C25H19NO5S2. The molecule has 0 bridgehead atoms. The molecule has 1 heterocycles. The molecule has 6 nitrogen and oxygen atoms in total. The number of hydrogen-bond acceptors (Lipinski definition) is 6. The van der Waals surface area contributed by atoms with Crippen LogP contribution in [-0.4, -0.2) is 28.4 Å². The van der Waals surface area contributed by atoms with Crippen molar-refractivity contribution in [3.05, 3.63) is 94.4 Å². The van der Waals surface area contributed by atoms with Crippen molar-refractivity contribution >= 4 is 51.9 Å². The van der Waals surface area contributed by atoms with Crippen LogP contribution in [0.5, 0.6) is 11.5 Å². The molecule has 166 valence electrons. The van der Waals surface area contributed by atoms with Crippen molar-refractivity contribution in [2.24, 2.45) is 0 Å². The first-order valence-electron chi connectivity index (χ1n) is 9.92. The number of aromatic carboxylic acids is 1. The molecule has 0 atom stereocenters. The van der Waals surface area contributed by atoms with E-state index in [4.69, 9.17) is 21.7 Å². The number of ether oxygens (including phenoxy) is 2. The van der Waals surface area contributed by atoms with Gasteiger partial charge in [0.25, 0.3) is 5.91 Å². The molecule has 0 aliphatic carbocycles. The Morgan fingerprint density at radius 3 is 2.58 bits per heavy atom. The molecule has 0 aromatic heterocycles. The molecule has 3 aromatic rings. The van der Waals surface area contributed by atoms with Crippen LogP contribution in [0.1, 0.15) is 21.5 Å². The molecule has 0 saturated carbocycles. The summed E-state index contributed by atoms with van der Waals surface area (Å²) in [6, 6.07) is 21.4. The lowest BCUT2D eigenvalue weighted by atomic mass is 10.1. The van der Waals surface area contributed by atoms with Gasteiger partial charge >= 0.3 is 5.97 Å². The van der Waals surface area contributed by atoms with Gasteiger partial charge in [-0.05, 0) is 47.5 Å². The van der Waals surface area contributed by atoms with E-state index in [-0.39, 0.29) is 11.5 Å². The van der Waals surface area contributed by atoms with E-state index in [1.807, 2.05) is 36.4 Å². The minimum Gasteiger partial charge on any atom is -0.493 e. The highest BCUT2D eigenvalue weighted by Gasteiger charge is 2.33. The summed E-state index contributed by atoms with van der Waals surface area (Å²) in [5.41, 5.74) is 2.29. The number of benzene rings is 3. The predicted molar refractivity (Wildman–Crippen MR) is 133 cm³/mol. The van der Waals surface area contributed by atoms with Crippen LogP contribution in [-0.2, 0) is 11.4 Å². The molecule has 1 saturated heterocycles. The smallest absolute Gasteiger partial charge is 0.335 e. The highest BCUT2D eigenvalue weighted by molar-refractivity contribution is 8.27. The van der Waals surface area contributed by atoms with Gasteiger partial charge in [-0.2, -0.15) is 0 Å². The molecule has 33 heavy (non-hydrogen) atoms. The van der Waals surface area contributed by atoms with E-state index >= 15 is 0 Å². The minimum atomic E-state index is -1.07. The second kappa shape index (κ2) is 9.89. The van der Waals surface area contributed by atoms with Gasteiger partial charge in [0.2, 0.25) is 0 Å². The fourth-order valence-electron chi connectivity index (χ4n) is 3.25. The van der Waals surface area contributed by atoms with Gasteiger partial charge in [0.05, 0.1) is 23.3 Å². The summed E-state index contributed by atoms with van der Waals surface area (Å²) >= 11 is 6.55. The molecule has 3 aromatic carbocycles. The quantitative estimate of drug-likeness (QED) is 0.362. The standard InChI is InChI=1S/C25H19NO5S2/c1-30-21-12-17(10-11-20(21)31-15-16-6-3-2-4-7-16)13-22-23(27)26(25(32)33-22)19-9-5-8-18(14-19)24(28)29/h2-14H,15H2,1H3,(H,28,29)/b22-13+. The van der Waals surface area contributed by atoms with Crippen molar-refractivity contribution in [3.8, 4) is 11.5 Å². The first-order chi connectivity index (χ1) is 16.0. The number of thiocarbonyl (C=S) groups is 1. The van der Waals surface area contributed by atoms with E-state index in [1.165, 1.54) is 17.0 Å². The summed E-state index contributed by atoms with van der Waals surface area (Å²) < 4.78 is 11.7. The van der Waals surface area contributed by atoms with Crippen LogP contribution in [0.3, 0.4) is 0 Å². The third-order valence-corrected chi connectivity index (χ3v) is 6.17. The number of hydrogen-bond donors (Lipinski definition) is 1. The first kappa shape index (κ1) is 22.6. The number of methoxy groups -OCH3 is 1. The minimum absolute atomic E-state index is 0.0846. The van der Waals surface area contributed by atoms with Gasteiger partial charge in [-0.15, -0.1) is 0 Å². The van der Waals surface area contributed by atoms with Gasteiger partial charge in [-0.1, -0.05) is 66.4 Å². The number of carboxylic acids is 1. The van der Waals surface area contributed by atoms with E-state index in [0.717, 1.165) is 22.9 Å². The second-order valence-electron chi connectivity index (χ2n) is 7.06. The van der Waals surface area contributed by atoms with Crippen molar-refractivity contribution in [2.75, 3.05) is 12.0 Å². The van der Waals surface area contributed by atoms with Crippen LogP contribution in [0.25, 0.3) is 6.08 Å². The Kier molecular flexibility index (Phi) is 6.76. The van der Waals surface area contributed by atoms with E-state index in [0.29, 0.717) is 33.0 Å². The average Bonchev–Trinajstić information content (AvgIpc) is 3.11. The molecule has 1 fully saturated rings. The van der Waals surface area contributed by atoms with Gasteiger partial charge in [0.15, 0.2) is 15.8 Å². The summed E-state index contributed by atoms with van der Waals surface area (Å²) in [4.78, 5) is 26.1. The van der Waals surface area contributed by atoms with Crippen LogP contribution < -0.4 is 14.4 Å². The SMILES string of the molecule is COc1cc(/C=C2/SC(=S)N(c3cccc(C(=O)O)c3)C2=O)ccc1OCc1ccccc1. The Balaban J connectivity index is 1.55. The lowest BCUT2D eigenvalue weighted by Crippen LogP contribution is -2.27. The highest BCUT2D eigenvalue weighted by atomic mass is 32.2. The maximum absolute atomic E-state index is 13.0. The number of rotatable bonds is 7. The molecule has 1 amide bonds. The predicted octanol–water partition coefficient (Wildman–Crippen LogP) is 5.38. The van der Waals surface area contributed by atoms with Crippen LogP contribution in [0.4, 0.5) is 5.69 Å². The van der Waals surface area contributed by atoms with E-state index in [9.17, 15) is 14.7 Å². The molecular weight excluding hydrogens is 458 g/mol. The van der Waals surface area contributed by atoms with Crippen LogP contribution >= 0.6 is 24.0 Å². The lowest BCUT2D eigenvalue weighted by Gasteiger charge is -2.15. The first-order valence-corrected chi connectivity index (χ1v) is 11.1. The van der Waals surface area contributed by atoms with Crippen molar-refractivity contribution < 1.29 is 24.2 Å². The largest absolute Gasteiger partial charge is 0.493 e. The molecule has 0 spiro atoms. The maximum Gasteiger partial charge on any atom is 0.335 e. The fourth-order valence-corrected chi connectivity index (χ4v) is 4.55. The number of nitrogens with zero attached hydrogens (tertiary/aromatic N) is 1. The molecule has 1 aliphatic heterocycles. The number of carbonyl (C=O) groups is 2. The average molecular weight is 478 g/mol. The molecule has 0 unspecified atom stereocenters. The lowest BCUT2D eigenvalue weighted by molar-refractivity contribution is -0.113. The highest BCUT2D eigenvalue weighted by Crippen LogP contribution is 2.37. The summed E-state index contributed by atoms with van der Waals surface area (Å²) in [6.07, 6.45) is 1.73. The Hall–Kier alpha value is -3.62. The summed E-state index contributed by atoms with van der Waals surface area (Å²) in [6.45, 7) is 0.407. The maximum atomic E-state index is 13.0. The second-order valence-corrected chi connectivity index (χ2v) is 8.73. The number of thioether (sulfide) groups is 1. The van der Waals surface area contributed by atoms with Crippen molar-refractivity contribution in [2.45, 2.75) is 6.61 Å². The molecule has 8 heteroatoms. The molecule has 0 radical (unpaired) electrons. The molecule has 1 N–H and O–H groups in total. The normalized spacial score (nSPS) is 14.6. The van der Waals surface area contributed by atoms with Gasteiger partial charge in [0, 0.05) is 0 Å². The summed E-state index contributed by atoms with van der Waals surface area (Å²) in [7, 11) is 1.56. The Bertz CT molecular complexity index is 1260. The third-order valence-electron chi connectivity index (χ3n) is 4.87. The Morgan fingerprint density at radius 1 is 1.06 bits per heavy atom. The monoisotopic (exact) mass is 477 g/mol. The third kappa shape index (κ3) is 5.08. The molecule has 1 aliphatic rings. The van der Waals surface area contributed by atoms with Crippen molar-refractivity contribution in [3.63, 3.8) is 0 Å². The van der Waals surface area contributed by atoms with Crippen molar-refractivity contribution in [1.82, 2.24) is 0 Å². The Morgan fingerprint density at radius 2 is 1.85 bits per heavy atom. The van der Waals surface area contributed by atoms with E-state index in [2.05, 4.69) is 0 Å². The van der Waals surface area contributed by atoms with Gasteiger partial charge in [0.1, 0.15) is 6.61 Å². The summed E-state index contributed by atoms with van der Waals surface area (Å²) in [5, 5.41) is 9.23. The summed E-state index contributed by atoms with van der Waals surface area (Å²) in [5.74, 6) is -0.240. The number of carbonyl (C=O) groups excluding carboxylic acids is 1. The van der Waals surface area contributed by atoms with Crippen LogP contribution in [0.2, 0.25) is 0 Å². The zero-order chi connectivity index (χ0) is 23.4. The van der Waals surface area contributed by atoms with Gasteiger partial charge in [-0.25, -0.2) is 4.79 Å². The number of carboxylic acid groups (broad SMARTS) is 1. The van der Waals surface area contributed by atoms with Crippen LogP contribution in [0.15, 0.2) is 77.7 Å². The Labute approximate surface area is 200 Å². The zero-order valence-electron chi connectivity index (χ0n) is 17.6.